The Morgan fingerprint density at radius 2 is 1.84 bits per heavy atom. The van der Waals surface area contributed by atoms with Crippen molar-refractivity contribution in [3.05, 3.63) is 76.6 Å². The fraction of sp³-hybridized carbons (Fsp3) is 0.240. The highest BCUT2D eigenvalue weighted by molar-refractivity contribution is 7.15. The first-order chi connectivity index (χ1) is 15.4. The van der Waals surface area contributed by atoms with E-state index in [0.29, 0.717) is 18.7 Å². The van der Waals surface area contributed by atoms with Gasteiger partial charge in [-0.25, -0.2) is 4.98 Å². The standard InChI is InChI=1S/C25H25N3O3S/c1-16-8-10-19(11-9-16)24-23(27-17(2)32-24)25(30)28(15-31-18(3)29)13-12-20-14-26-22-7-5-4-6-21(20)22/h4-11,14,26H,12-13,15H2,1-3H3. The van der Waals surface area contributed by atoms with Crippen LogP contribution in [0.2, 0.25) is 0 Å². The summed E-state index contributed by atoms with van der Waals surface area (Å²) in [5, 5.41) is 1.94. The van der Waals surface area contributed by atoms with Gasteiger partial charge in [-0.3, -0.25) is 9.59 Å². The third kappa shape index (κ3) is 4.73. The minimum Gasteiger partial charge on any atom is -0.444 e. The van der Waals surface area contributed by atoms with Crippen molar-refractivity contribution in [2.45, 2.75) is 27.2 Å². The van der Waals surface area contributed by atoms with E-state index in [2.05, 4.69) is 16.0 Å². The van der Waals surface area contributed by atoms with E-state index < -0.39 is 5.97 Å². The Morgan fingerprint density at radius 3 is 2.59 bits per heavy atom. The number of aromatic amines is 1. The molecule has 0 atom stereocenters. The van der Waals surface area contributed by atoms with Crippen molar-refractivity contribution in [2.24, 2.45) is 0 Å². The Kier molecular flexibility index (Phi) is 6.37. The molecular weight excluding hydrogens is 422 g/mol. The van der Waals surface area contributed by atoms with Crippen LogP contribution < -0.4 is 0 Å². The minimum atomic E-state index is -0.428. The SMILES string of the molecule is CC(=O)OCN(CCc1c[nH]c2ccccc12)C(=O)c1nc(C)sc1-c1ccc(C)cc1. The van der Waals surface area contributed by atoms with E-state index in [4.69, 9.17) is 4.74 Å². The number of H-pyrrole nitrogens is 1. The van der Waals surface area contributed by atoms with Crippen LogP contribution in [-0.4, -0.2) is 40.0 Å². The molecule has 0 bridgehead atoms. The first-order valence-corrected chi connectivity index (χ1v) is 11.3. The van der Waals surface area contributed by atoms with Crippen LogP contribution in [0.5, 0.6) is 0 Å². The molecule has 6 nitrogen and oxygen atoms in total. The molecule has 1 N–H and O–H groups in total. The van der Waals surface area contributed by atoms with E-state index in [9.17, 15) is 9.59 Å². The van der Waals surface area contributed by atoms with Crippen LogP contribution in [0.15, 0.2) is 54.7 Å². The van der Waals surface area contributed by atoms with Crippen molar-refractivity contribution in [3.63, 3.8) is 0 Å². The van der Waals surface area contributed by atoms with Crippen LogP contribution in [-0.2, 0) is 16.0 Å². The summed E-state index contributed by atoms with van der Waals surface area (Å²) in [4.78, 5) is 35.2. The number of thiazole rings is 1. The Morgan fingerprint density at radius 1 is 1.09 bits per heavy atom. The Hall–Kier alpha value is -3.45. The molecule has 2 aromatic carbocycles. The van der Waals surface area contributed by atoms with Gasteiger partial charge in [-0.1, -0.05) is 48.0 Å². The van der Waals surface area contributed by atoms with Crippen LogP contribution in [0.3, 0.4) is 0 Å². The molecule has 32 heavy (non-hydrogen) atoms. The number of nitrogens with zero attached hydrogens (tertiary/aromatic N) is 2. The average Bonchev–Trinajstić information content (AvgIpc) is 3.37. The van der Waals surface area contributed by atoms with Gasteiger partial charge in [-0.15, -0.1) is 11.3 Å². The first-order valence-electron chi connectivity index (χ1n) is 10.4. The number of benzene rings is 2. The van der Waals surface area contributed by atoms with Crippen molar-refractivity contribution in [1.82, 2.24) is 14.9 Å². The second-order valence-corrected chi connectivity index (χ2v) is 8.92. The van der Waals surface area contributed by atoms with E-state index in [1.165, 1.54) is 18.3 Å². The highest BCUT2D eigenvalue weighted by atomic mass is 32.1. The smallest absolute Gasteiger partial charge is 0.304 e. The minimum absolute atomic E-state index is 0.111. The highest BCUT2D eigenvalue weighted by Crippen LogP contribution is 2.31. The van der Waals surface area contributed by atoms with Crippen LogP contribution in [0.1, 0.15) is 33.5 Å². The normalized spacial score (nSPS) is 11.0. The Balaban J connectivity index is 1.61. The molecule has 0 fully saturated rings. The predicted octanol–water partition coefficient (Wildman–Crippen LogP) is 5.11. The van der Waals surface area contributed by atoms with Crippen molar-refractivity contribution < 1.29 is 14.3 Å². The van der Waals surface area contributed by atoms with Gasteiger partial charge in [-0.05, 0) is 37.5 Å². The van der Waals surface area contributed by atoms with Crippen molar-refractivity contribution in [1.29, 1.82) is 0 Å². The maximum absolute atomic E-state index is 13.5. The second kappa shape index (κ2) is 9.36. The Bertz CT molecular complexity index is 1260. The van der Waals surface area contributed by atoms with Crippen molar-refractivity contribution in [3.8, 4) is 10.4 Å². The highest BCUT2D eigenvalue weighted by Gasteiger charge is 2.24. The molecule has 4 aromatic rings. The molecule has 0 saturated carbocycles. The number of ether oxygens (including phenoxy) is 1. The fourth-order valence-electron chi connectivity index (χ4n) is 3.61. The van der Waals surface area contributed by atoms with Crippen LogP contribution in [0.4, 0.5) is 0 Å². The van der Waals surface area contributed by atoms with Gasteiger partial charge < -0.3 is 14.6 Å². The third-order valence-corrected chi connectivity index (χ3v) is 6.31. The lowest BCUT2D eigenvalue weighted by Gasteiger charge is -2.21. The molecule has 0 unspecified atom stereocenters. The summed E-state index contributed by atoms with van der Waals surface area (Å²) in [6, 6.07) is 16.1. The number of nitrogens with one attached hydrogen (secondary N) is 1. The summed E-state index contributed by atoms with van der Waals surface area (Å²) in [7, 11) is 0. The number of carbonyl (C=O) groups excluding carboxylic acids is 2. The monoisotopic (exact) mass is 447 g/mol. The predicted molar refractivity (Wildman–Crippen MR) is 127 cm³/mol. The summed E-state index contributed by atoms with van der Waals surface area (Å²) < 4.78 is 5.21. The van der Waals surface area contributed by atoms with Crippen molar-refractivity contribution in [2.75, 3.05) is 13.3 Å². The number of carbonyl (C=O) groups is 2. The third-order valence-electron chi connectivity index (χ3n) is 5.29. The number of para-hydroxylation sites is 1. The van der Waals surface area contributed by atoms with Crippen LogP contribution >= 0.6 is 11.3 Å². The summed E-state index contributed by atoms with van der Waals surface area (Å²) >= 11 is 1.49. The number of aromatic nitrogens is 2. The van der Waals surface area contributed by atoms with Gasteiger partial charge in [0.25, 0.3) is 5.91 Å². The number of amides is 1. The van der Waals surface area contributed by atoms with Crippen molar-refractivity contribution >= 4 is 34.1 Å². The topological polar surface area (TPSA) is 75.3 Å². The zero-order chi connectivity index (χ0) is 22.7. The molecule has 2 aromatic heterocycles. The molecule has 4 rings (SSSR count). The van der Waals surface area contributed by atoms with E-state index >= 15 is 0 Å². The number of fused-ring (bicyclic) bond motifs is 1. The lowest BCUT2D eigenvalue weighted by Crippen LogP contribution is -2.36. The number of esters is 1. The lowest BCUT2D eigenvalue weighted by atomic mass is 10.1. The van der Waals surface area contributed by atoms with Gasteiger partial charge in [0.1, 0.15) is 5.69 Å². The molecule has 164 valence electrons. The number of aryl methyl sites for hydroxylation is 2. The lowest BCUT2D eigenvalue weighted by molar-refractivity contribution is -0.144. The average molecular weight is 448 g/mol. The molecule has 1 amide bonds. The fourth-order valence-corrected chi connectivity index (χ4v) is 4.53. The maximum atomic E-state index is 13.5. The second-order valence-electron chi connectivity index (χ2n) is 7.72. The van der Waals surface area contributed by atoms with Gasteiger partial charge in [-0.2, -0.15) is 0 Å². The molecule has 0 aliphatic rings. The number of hydrogen-bond donors (Lipinski definition) is 1. The summed E-state index contributed by atoms with van der Waals surface area (Å²) in [5.74, 6) is -0.672. The van der Waals surface area contributed by atoms with E-state index in [1.54, 1.807) is 4.90 Å². The number of rotatable bonds is 7. The maximum Gasteiger partial charge on any atom is 0.304 e. The van der Waals surface area contributed by atoms with Gasteiger partial charge in [0.2, 0.25) is 0 Å². The molecule has 2 heterocycles. The van der Waals surface area contributed by atoms with E-state index in [0.717, 1.165) is 37.5 Å². The first kappa shape index (κ1) is 21.8. The Labute approximate surface area is 190 Å². The summed E-state index contributed by atoms with van der Waals surface area (Å²) in [6.45, 7) is 5.55. The molecular formula is C25H25N3O3S. The van der Waals surface area contributed by atoms with Gasteiger partial charge in [0.05, 0.1) is 9.88 Å². The summed E-state index contributed by atoms with van der Waals surface area (Å²) in [5.41, 5.74) is 4.65. The quantitative estimate of drug-likeness (QED) is 0.315. The molecule has 0 aliphatic carbocycles. The van der Waals surface area contributed by atoms with Gasteiger partial charge >= 0.3 is 5.97 Å². The van der Waals surface area contributed by atoms with Crippen LogP contribution in [0.25, 0.3) is 21.3 Å². The van der Waals surface area contributed by atoms with Crippen LogP contribution in [0, 0.1) is 13.8 Å². The van der Waals surface area contributed by atoms with Gasteiger partial charge in [0, 0.05) is 30.6 Å². The summed E-state index contributed by atoms with van der Waals surface area (Å²) in [6.07, 6.45) is 2.59. The zero-order valence-corrected chi connectivity index (χ0v) is 19.2. The largest absolute Gasteiger partial charge is 0.444 e. The van der Waals surface area contributed by atoms with Gasteiger partial charge in [0.15, 0.2) is 6.73 Å². The molecule has 7 heteroatoms. The number of hydrogen-bond acceptors (Lipinski definition) is 5. The van der Waals surface area contributed by atoms with E-state index in [1.807, 2.05) is 62.5 Å². The van der Waals surface area contributed by atoms with E-state index in [-0.39, 0.29) is 12.6 Å². The molecule has 0 saturated heterocycles. The molecule has 0 radical (unpaired) electrons. The zero-order valence-electron chi connectivity index (χ0n) is 18.3. The molecule has 0 aliphatic heterocycles. The molecule has 0 spiro atoms.